The van der Waals surface area contributed by atoms with Crippen LogP contribution in [0.15, 0.2) is 17.8 Å². The molecule has 2 N–H and O–H groups in total. The lowest BCUT2D eigenvalue weighted by molar-refractivity contribution is -0.142. The first kappa shape index (κ1) is 29.3. The van der Waals surface area contributed by atoms with Gasteiger partial charge < -0.3 is 14.6 Å². The summed E-state index contributed by atoms with van der Waals surface area (Å²) in [5.41, 5.74) is -0.714. The van der Waals surface area contributed by atoms with E-state index >= 15 is 0 Å². The Hall–Kier alpha value is -2.21. The van der Waals surface area contributed by atoms with E-state index in [0.29, 0.717) is 62.3 Å². The maximum atomic E-state index is 14.3. The zero-order valence-electron chi connectivity index (χ0n) is 23.0. The first-order valence-electron chi connectivity index (χ1n) is 14.4. The van der Waals surface area contributed by atoms with Crippen LogP contribution in [0.25, 0.3) is 0 Å². The van der Waals surface area contributed by atoms with Crippen molar-refractivity contribution < 1.29 is 27.1 Å². The molecule has 7 atom stereocenters. The molecule has 2 aromatic heterocycles. The summed E-state index contributed by atoms with van der Waals surface area (Å²) in [6.45, 7) is 2.55. The number of carbonyl (C=O) groups excluding carboxylic acids is 1. The number of carbonyl (C=O) groups is 1. The number of nitrogens with zero attached hydrogens (tertiary/aromatic N) is 3. The molecule has 3 fully saturated rings. The molecular weight excluding hydrogens is 546 g/mol. The summed E-state index contributed by atoms with van der Waals surface area (Å²) < 4.78 is 64.9. The van der Waals surface area contributed by atoms with Crippen LogP contribution in [0.3, 0.4) is 0 Å². The molecule has 0 aliphatic heterocycles. The summed E-state index contributed by atoms with van der Waals surface area (Å²) in [5.74, 6) is -0.649. The SMILES string of the molecule is CCn1cc(C2CC(Cn3ccsc3=N)CC(C(=O)N[C@@H](C3CC3)C3CCC(F)C(OC)C3)C2)c(C(F)(F)F)n1. The molecular formula is C28H39F4N5O2S. The quantitative estimate of drug-likeness (QED) is 0.381. The average Bonchev–Trinajstić information content (AvgIpc) is 3.53. The van der Waals surface area contributed by atoms with E-state index in [9.17, 15) is 22.4 Å². The van der Waals surface area contributed by atoms with E-state index < -0.39 is 36.0 Å². The van der Waals surface area contributed by atoms with Gasteiger partial charge in [0.25, 0.3) is 0 Å². The van der Waals surface area contributed by atoms with Crippen molar-refractivity contribution in [1.82, 2.24) is 19.7 Å². The van der Waals surface area contributed by atoms with E-state index in [1.807, 2.05) is 11.6 Å². The number of nitrogens with one attached hydrogen (secondary N) is 2. The zero-order chi connectivity index (χ0) is 28.6. The molecule has 7 nitrogen and oxygen atoms in total. The largest absolute Gasteiger partial charge is 0.435 e. The summed E-state index contributed by atoms with van der Waals surface area (Å²) in [4.78, 5) is 14.2. The summed E-state index contributed by atoms with van der Waals surface area (Å²) in [7, 11) is 1.52. The van der Waals surface area contributed by atoms with Gasteiger partial charge in [0.1, 0.15) is 6.17 Å². The van der Waals surface area contributed by atoms with Crippen molar-refractivity contribution in [2.24, 2.45) is 23.7 Å². The van der Waals surface area contributed by atoms with Crippen molar-refractivity contribution in [3.05, 3.63) is 33.8 Å². The normalized spacial score (nSPS) is 30.2. The Morgan fingerprint density at radius 3 is 2.58 bits per heavy atom. The Balaban J connectivity index is 1.38. The standard InChI is InChI=1S/C28H39F4N5O2S/c1-3-37-15-21(25(35-37)28(30,31)32)19-10-16(14-36-8-9-40-27(36)33)11-20(12-19)26(38)34-24(17-4-5-17)18-6-7-22(29)23(13-18)39-2/h8-9,15-20,22-24,33H,3-7,10-14H2,1-2H3,(H,34,38)/t16?,18?,19?,20?,22?,23?,24-/m0/s1. The zero-order valence-corrected chi connectivity index (χ0v) is 23.8. The van der Waals surface area contributed by atoms with E-state index in [1.165, 1.54) is 29.3 Å². The van der Waals surface area contributed by atoms with Gasteiger partial charge in [-0.1, -0.05) is 0 Å². The van der Waals surface area contributed by atoms with Crippen LogP contribution in [0.4, 0.5) is 17.6 Å². The third-order valence-corrected chi connectivity index (χ3v) is 9.85. The average molecular weight is 586 g/mol. The van der Waals surface area contributed by atoms with E-state index in [-0.39, 0.29) is 29.3 Å². The van der Waals surface area contributed by atoms with E-state index in [4.69, 9.17) is 10.1 Å². The minimum atomic E-state index is -4.58. The van der Waals surface area contributed by atoms with Gasteiger partial charge in [-0.3, -0.25) is 14.9 Å². The van der Waals surface area contributed by atoms with Crippen molar-refractivity contribution in [2.45, 2.75) is 102 Å². The smallest absolute Gasteiger partial charge is 0.378 e. The molecule has 2 heterocycles. The molecule has 0 saturated heterocycles. The molecule has 0 aromatic carbocycles. The topological polar surface area (TPSA) is 84.9 Å². The third kappa shape index (κ3) is 6.48. The van der Waals surface area contributed by atoms with Crippen LogP contribution in [0, 0.1) is 29.1 Å². The summed E-state index contributed by atoms with van der Waals surface area (Å²) >= 11 is 1.30. The minimum absolute atomic E-state index is 0.0662. The van der Waals surface area contributed by atoms with Crippen LogP contribution >= 0.6 is 11.3 Å². The maximum absolute atomic E-state index is 14.3. The number of hydrogen-bond acceptors (Lipinski definition) is 5. The molecule has 5 rings (SSSR count). The molecule has 3 saturated carbocycles. The minimum Gasteiger partial charge on any atom is -0.378 e. The molecule has 1 amide bonds. The number of halogens is 4. The predicted octanol–water partition coefficient (Wildman–Crippen LogP) is 5.51. The highest BCUT2D eigenvalue weighted by molar-refractivity contribution is 7.06. The number of alkyl halides is 4. The van der Waals surface area contributed by atoms with Crippen LogP contribution in [-0.2, 0) is 28.8 Å². The summed E-state index contributed by atoms with van der Waals surface area (Å²) in [6.07, 6.45) is 2.29. The van der Waals surface area contributed by atoms with E-state index in [1.54, 1.807) is 11.5 Å². The fourth-order valence-electron chi connectivity index (χ4n) is 6.95. The lowest BCUT2D eigenvalue weighted by Gasteiger charge is -2.38. The number of thiazole rings is 1. The number of aromatic nitrogens is 3. The van der Waals surface area contributed by atoms with Crippen molar-refractivity contribution in [3.63, 3.8) is 0 Å². The maximum Gasteiger partial charge on any atom is 0.435 e. The Kier molecular flexibility index (Phi) is 8.75. The molecule has 3 aliphatic rings. The number of methoxy groups -OCH3 is 1. The van der Waals surface area contributed by atoms with Gasteiger partial charge in [0.15, 0.2) is 10.5 Å². The number of aryl methyl sites for hydroxylation is 1. The Morgan fingerprint density at radius 2 is 1.95 bits per heavy atom. The van der Waals surface area contributed by atoms with Crippen molar-refractivity contribution >= 4 is 17.2 Å². The summed E-state index contributed by atoms with van der Waals surface area (Å²) in [6, 6.07) is -0.0730. The Labute approximate surface area is 235 Å². The van der Waals surface area contributed by atoms with Gasteiger partial charge in [0.05, 0.1) is 6.10 Å². The lowest BCUT2D eigenvalue weighted by atomic mass is 9.72. The monoisotopic (exact) mass is 585 g/mol. The molecule has 0 radical (unpaired) electrons. The predicted molar refractivity (Wildman–Crippen MR) is 142 cm³/mol. The summed E-state index contributed by atoms with van der Waals surface area (Å²) in [5, 5.41) is 17.1. The van der Waals surface area contributed by atoms with Gasteiger partial charge in [0.2, 0.25) is 5.91 Å². The van der Waals surface area contributed by atoms with Gasteiger partial charge in [0, 0.05) is 55.5 Å². The Morgan fingerprint density at radius 1 is 1.20 bits per heavy atom. The molecule has 2 aromatic rings. The van der Waals surface area contributed by atoms with E-state index in [0.717, 1.165) is 12.8 Å². The number of hydrogen-bond donors (Lipinski definition) is 2. The van der Waals surface area contributed by atoms with Gasteiger partial charge in [-0.15, -0.1) is 11.3 Å². The fraction of sp³-hybridized carbons (Fsp3) is 0.750. The van der Waals surface area contributed by atoms with Crippen LogP contribution in [0.5, 0.6) is 0 Å². The molecule has 3 aliphatic carbocycles. The van der Waals surface area contributed by atoms with Crippen LogP contribution in [0.2, 0.25) is 0 Å². The highest BCUT2D eigenvalue weighted by Crippen LogP contribution is 2.46. The molecule has 40 heavy (non-hydrogen) atoms. The van der Waals surface area contributed by atoms with Crippen LogP contribution in [-0.4, -0.2) is 45.7 Å². The van der Waals surface area contributed by atoms with Gasteiger partial charge in [-0.2, -0.15) is 18.3 Å². The molecule has 0 spiro atoms. The second-order valence-electron chi connectivity index (χ2n) is 11.8. The fourth-order valence-corrected chi connectivity index (χ4v) is 7.56. The van der Waals surface area contributed by atoms with Crippen LogP contribution in [0.1, 0.15) is 75.5 Å². The van der Waals surface area contributed by atoms with Crippen molar-refractivity contribution in [3.8, 4) is 0 Å². The molecule has 6 unspecified atom stereocenters. The number of ether oxygens (including phenoxy) is 1. The van der Waals surface area contributed by atoms with E-state index in [2.05, 4.69) is 10.4 Å². The van der Waals surface area contributed by atoms with Gasteiger partial charge >= 0.3 is 6.18 Å². The second-order valence-corrected chi connectivity index (χ2v) is 12.7. The second kappa shape index (κ2) is 12.0. The number of amides is 1. The highest BCUT2D eigenvalue weighted by atomic mass is 32.1. The lowest BCUT2D eigenvalue weighted by Crippen LogP contribution is -2.49. The number of rotatable bonds is 9. The van der Waals surface area contributed by atoms with Crippen molar-refractivity contribution in [1.29, 1.82) is 5.41 Å². The first-order valence-corrected chi connectivity index (χ1v) is 15.3. The molecule has 12 heteroatoms. The highest BCUT2D eigenvalue weighted by Gasteiger charge is 2.45. The van der Waals surface area contributed by atoms with Gasteiger partial charge in [-0.25, -0.2) is 4.39 Å². The van der Waals surface area contributed by atoms with Crippen molar-refractivity contribution in [2.75, 3.05) is 7.11 Å². The molecule has 0 bridgehead atoms. The molecule has 222 valence electrons. The first-order chi connectivity index (χ1) is 19.1. The Bertz CT molecular complexity index is 1220. The van der Waals surface area contributed by atoms with Gasteiger partial charge in [-0.05, 0) is 82.0 Å². The van der Waals surface area contributed by atoms with Crippen LogP contribution < -0.4 is 10.1 Å². The third-order valence-electron chi connectivity index (χ3n) is 9.14.